The molecule has 0 spiro atoms. The zero-order chi connectivity index (χ0) is 13.1. The summed E-state index contributed by atoms with van der Waals surface area (Å²) in [5, 5.41) is 21.4. The van der Waals surface area contributed by atoms with Crippen molar-refractivity contribution < 1.29 is 19.8 Å². The van der Waals surface area contributed by atoms with Gasteiger partial charge < -0.3 is 15.5 Å². The van der Waals surface area contributed by atoms with Gasteiger partial charge in [0.1, 0.15) is 5.92 Å². The number of carboxylic acids is 1. The number of amides is 1. The highest BCUT2D eigenvalue weighted by Crippen LogP contribution is 2.31. The molecular weight excluding hydrogens is 222 g/mol. The second-order valence-corrected chi connectivity index (χ2v) is 5.20. The number of aliphatic hydroxyl groups is 1. The van der Waals surface area contributed by atoms with Crippen LogP contribution in [0.2, 0.25) is 0 Å². The molecule has 1 fully saturated rings. The van der Waals surface area contributed by atoms with Crippen molar-refractivity contribution in [3.8, 4) is 0 Å². The zero-order valence-electron chi connectivity index (χ0n) is 10.4. The molecule has 1 rings (SSSR count). The molecule has 1 amide bonds. The molecule has 0 saturated heterocycles. The maximum absolute atomic E-state index is 11.4. The van der Waals surface area contributed by atoms with Gasteiger partial charge in [-0.25, -0.2) is 0 Å². The summed E-state index contributed by atoms with van der Waals surface area (Å²) in [6, 6.07) is 0. The number of carbonyl (C=O) groups is 2. The Morgan fingerprint density at radius 1 is 1.53 bits per heavy atom. The maximum Gasteiger partial charge on any atom is 0.315 e. The molecule has 0 bridgehead atoms. The Balaban J connectivity index is 2.44. The molecule has 1 aliphatic carbocycles. The lowest BCUT2D eigenvalue weighted by atomic mass is 9.79. The predicted molar refractivity (Wildman–Crippen MR) is 62.4 cm³/mol. The van der Waals surface area contributed by atoms with E-state index in [2.05, 4.69) is 12.2 Å². The topological polar surface area (TPSA) is 86.6 Å². The van der Waals surface area contributed by atoms with Crippen molar-refractivity contribution >= 4 is 11.9 Å². The monoisotopic (exact) mass is 243 g/mol. The van der Waals surface area contributed by atoms with Gasteiger partial charge in [0.15, 0.2) is 0 Å². The molecule has 0 radical (unpaired) electrons. The third-order valence-electron chi connectivity index (χ3n) is 3.42. The predicted octanol–water partition coefficient (Wildman–Crippen LogP) is 0.764. The summed E-state index contributed by atoms with van der Waals surface area (Å²) >= 11 is 0. The maximum atomic E-state index is 11.4. The smallest absolute Gasteiger partial charge is 0.315 e. The van der Waals surface area contributed by atoms with Gasteiger partial charge in [-0.1, -0.05) is 19.8 Å². The van der Waals surface area contributed by atoms with Gasteiger partial charge in [-0.2, -0.15) is 0 Å². The molecule has 3 unspecified atom stereocenters. The molecule has 5 nitrogen and oxygen atoms in total. The average molecular weight is 243 g/mol. The third kappa shape index (κ3) is 4.00. The number of nitrogens with one attached hydrogen (secondary N) is 1. The minimum Gasteiger partial charge on any atom is -0.481 e. The van der Waals surface area contributed by atoms with Crippen molar-refractivity contribution in [2.45, 2.75) is 45.1 Å². The first kappa shape index (κ1) is 14.0. The van der Waals surface area contributed by atoms with Gasteiger partial charge in [-0.15, -0.1) is 0 Å². The van der Waals surface area contributed by atoms with Crippen LogP contribution < -0.4 is 5.32 Å². The van der Waals surface area contributed by atoms with Crippen LogP contribution >= 0.6 is 0 Å². The Bertz CT molecular complexity index is 305. The Labute approximate surface area is 101 Å². The SMILES string of the molecule is CC1CCCC(O)(CNC(=O)C(C)C(=O)O)C1. The lowest BCUT2D eigenvalue weighted by Gasteiger charge is -2.35. The van der Waals surface area contributed by atoms with Gasteiger partial charge in [0.05, 0.1) is 5.60 Å². The molecule has 1 saturated carbocycles. The van der Waals surface area contributed by atoms with Crippen LogP contribution in [0.25, 0.3) is 0 Å². The molecule has 0 heterocycles. The van der Waals surface area contributed by atoms with Gasteiger partial charge in [0.2, 0.25) is 5.91 Å². The lowest BCUT2D eigenvalue weighted by molar-refractivity contribution is -0.146. The summed E-state index contributed by atoms with van der Waals surface area (Å²) in [6.07, 6.45) is 3.37. The van der Waals surface area contributed by atoms with Crippen LogP contribution in [0.4, 0.5) is 0 Å². The highest BCUT2D eigenvalue weighted by molar-refractivity contribution is 5.96. The first-order chi connectivity index (χ1) is 7.84. The van der Waals surface area contributed by atoms with Crippen LogP contribution in [0, 0.1) is 11.8 Å². The summed E-state index contributed by atoms with van der Waals surface area (Å²) in [6.45, 7) is 3.56. The molecular formula is C12H21NO4. The fourth-order valence-electron chi connectivity index (χ4n) is 2.31. The molecule has 3 atom stereocenters. The van der Waals surface area contributed by atoms with E-state index < -0.39 is 23.4 Å². The Kier molecular flexibility index (Phi) is 4.51. The van der Waals surface area contributed by atoms with Crippen molar-refractivity contribution in [1.82, 2.24) is 5.32 Å². The number of aliphatic carboxylic acids is 1. The van der Waals surface area contributed by atoms with Crippen LogP contribution in [-0.4, -0.2) is 34.2 Å². The van der Waals surface area contributed by atoms with Gasteiger partial charge >= 0.3 is 5.97 Å². The van der Waals surface area contributed by atoms with E-state index in [1.54, 1.807) is 0 Å². The summed E-state index contributed by atoms with van der Waals surface area (Å²) in [4.78, 5) is 22.0. The number of carbonyl (C=O) groups excluding carboxylic acids is 1. The van der Waals surface area contributed by atoms with Crippen LogP contribution in [-0.2, 0) is 9.59 Å². The van der Waals surface area contributed by atoms with E-state index in [-0.39, 0.29) is 6.54 Å². The van der Waals surface area contributed by atoms with Gasteiger partial charge in [0, 0.05) is 6.54 Å². The second-order valence-electron chi connectivity index (χ2n) is 5.20. The Hall–Kier alpha value is -1.10. The fraction of sp³-hybridized carbons (Fsp3) is 0.833. The Morgan fingerprint density at radius 3 is 2.71 bits per heavy atom. The summed E-state index contributed by atoms with van der Waals surface area (Å²) in [5.41, 5.74) is -0.869. The highest BCUT2D eigenvalue weighted by Gasteiger charge is 2.33. The van der Waals surface area contributed by atoms with Crippen LogP contribution in [0.3, 0.4) is 0 Å². The molecule has 0 aliphatic heterocycles. The van der Waals surface area contributed by atoms with E-state index in [9.17, 15) is 14.7 Å². The van der Waals surface area contributed by atoms with E-state index in [4.69, 9.17) is 5.11 Å². The molecule has 0 aromatic heterocycles. The molecule has 98 valence electrons. The van der Waals surface area contributed by atoms with Gasteiger partial charge in [-0.3, -0.25) is 9.59 Å². The summed E-state index contributed by atoms with van der Waals surface area (Å²) in [7, 11) is 0. The number of hydrogen-bond acceptors (Lipinski definition) is 3. The van der Waals surface area contributed by atoms with Gasteiger partial charge in [0.25, 0.3) is 0 Å². The average Bonchev–Trinajstić information content (AvgIpc) is 2.24. The van der Waals surface area contributed by atoms with E-state index in [0.29, 0.717) is 18.8 Å². The van der Waals surface area contributed by atoms with Gasteiger partial charge in [-0.05, 0) is 25.7 Å². The number of carboxylic acid groups (broad SMARTS) is 1. The molecule has 0 aromatic rings. The van der Waals surface area contributed by atoms with Crippen molar-refractivity contribution in [1.29, 1.82) is 0 Å². The molecule has 17 heavy (non-hydrogen) atoms. The zero-order valence-corrected chi connectivity index (χ0v) is 10.4. The fourth-order valence-corrected chi connectivity index (χ4v) is 2.31. The largest absolute Gasteiger partial charge is 0.481 e. The Morgan fingerprint density at radius 2 is 2.18 bits per heavy atom. The molecule has 1 aliphatic rings. The van der Waals surface area contributed by atoms with Crippen molar-refractivity contribution in [2.75, 3.05) is 6.54 Å². The standard InChI is InChI=1S/C12H21NO4/c1-8-4-3-5-12(17,6-8)7-13-10(14)9(2)11(15)16/h8-9,17H,3-7H2,1-2H3,(H,13,14)(H,15,16). The summed E-state index contributed by atoms with van der Waals surface area (Å²) in [5.74, 6) is -2.31. The third-order valence-corrected chi connectivity index (χ3v) is 3.42. The first-order valence-corrected chi connectivity index (χ1v) is 6.07. The molecule has 0 aromatic carbocycles. The minimum absolute atomic E-state index is 0.147. The van der Waals surface area contributed by atoms with Crippen LogP contribution in [0.15, 0.2) is 0 Å². The highest BCUT2D eigenvalue weighted by atomic mass is 16.4. The van der Waals surface area contributed by atoms with Crippen molar-refractivity contribution in [2.24, 2.45) is 11.8 Å². The van der Waals surface area contributed by atoms with Crippen molar-refractivity contribution in [3.63, 3.8) is 0 Å². The van der Waals surface area contributed by atoms with E-state index in [1.807, 2.05) is 0 Å². The molecule has 5 heteroatoms. The lowest BCUT2D eigenvalue weighted by Crippen LogP contribution is -2.47. The molecule has 3 N–H and O–H groups in total. The normalized spacial score (nSPS) is 30.6. The van der Waals surface area contributed by atoms with E-state index >= 15 is 0 Å². The van der Waals surface area contributed by atoms with Crippen LogP contribution in [0.5, 0.6) is 0 Å². The van der Waals surface area contributed by atoms with E-state index in [0.717, 1.165) is 12.8 Å². The van der Waals surface area contributed by atoms with Crippen molar-refractivity contribution in [3.05, 3.63) is 0 Å². The second kappa shape index (κ2) is 5.49. The number of hydrogen-bond donors (Lipinski definition) is 3. The van der Waals surface area contributed by atoms with Crippen LogP contribution in [0.1, 0.15) is 39.5 Å². The summed E-state index contributed by atoms with van der Waals surface area (Å²) < 4.78 is 0. The number of rotatable bonds is 4. The first-order valence-electron chi connectivity index (χ1n) is 6.07. The minimum atomic E-state index is -1.15. The van der Waals surface area contributed by atoms with E-state index in [1.165, 1.54) is 6.92 Å². The quantitative estimate of drug-likeness (QED) is 0.636.